The predicted octanol–water partition coefficient (Wildman–Crippen LogP) is 1.49. The average Bonchev–Trinajstić information content (AvgIpc) is 2.98. The van der Waals surface area contributed by atoms with Crippen LogP contribution in [0.2, 0.25) is 0 Å². The van der Waals surface area contributed by atoms with Crippen LogP contribution in [0.15, 0.2) is 24.3 Å². The molecule has 0 saturated heterocycles. The van der Waals surface area contributed by atoms with Crippen molar-refractivity contribution in [3.05, 3.63) is 24.3 Å². The largest absolute Gasteiger partial charge is 0.351 e. The molecule has 2 aliphatic rings. The molecule has 0 aromatic heterocycles. The van der Waals surface area contributed by atoms with Gasteiger partial charge in [0.25, 0.3) is 0 Å². The predicted molar refractivity (Wildman–Crippen MR) is 80.6 cm³/mol. The molecule has 21 heavy (non-hydrogen) atoms. The lowest BCUT2D eigenvalue weighted by molar-refractivity contribution is -0.121. The van der Waals surface area contributed by atoms with E-state index < -0.39 is 6.03 Å². The van der Waals surface area contributed by atoms with Crippen molar-refractivity contribution in [1.29, 1.82) is 0 Å². The quantitative estimate of drug-likeness (QED) is 0.676. The van der Waals surface area contributed by atoms with Crippen LogP contribution in [-0.2, 0) is 4.79 Å². The molecule has 3 amide bonds. The maximum atomic E-state index is 12.4. The van der Waals surface area contributed by atoms with Gasteiger partial charge in [0.1, 0.15) is 0 Å². The normalized spacial score (nSPS) is 30.1. The number of anilines is 2. The number of nitrogens with two attached hydrogens (primary N) is 2. The lowest BCUT2D eigenvalue weighted by atomic mass is 9.84. The highest BCUT2D eigenvalue weighted by atomic mass is 16.2. The van der Waals surface area contributed by atoms with Gasteiger partial charge in [-0.1, -0.05) is 6.07 Å². The second-order valence-electron chi connectivity index (χ2n) is 6.00. The monoisotopic (exact) mass is 288 g/mol. The average molecular weight is 288 g/mol. The first-order valence-corrected chi connectivity index (χ1v) is 7.27. The molecular formula is C15H20N4O2. The molecule has 1 aromatic rings. The van der Waals surface area contributed by atoms with E-state index in [1.165, 1.54) is 0 Å². The Morgan fingerprint density at radius 1 is 1.10 bits per heavy atom. The standard InChI is InChI=1S/C15H20N4O2/c16-13-9-5-4-8(6-9)12(13)14(20)18-10-2-1-3-11(7-10)19-15(17)21/h1-3,7-9,12-13H,4-6,16H2,(H,18,20)(H3,17,19,21). The summed E-state index contributed by atoms with van der Waals surface area (Å²) in [6.07, 6.45) is 3.32. The number of carbonyl (C=O) groups is 2. The number of carbonyl (C=O) groups excluding carboxylic acids is 2. The molecule has 2 saturated carbocycles. The molecule has 1 aromatic carbocycles. The van der Waals surface area contributed by atoms with Crippen LogP contribution in [-0.4, -0.2) is 18.0 Å². The molecule has 0 spiro atoms. The van der Waals surface area contributed by atoms with Crippen LogP contribution in [0.3, 0.4) is 0 Å². The molecule has 0 aliphatic heterocycles. The summed E-state index contributed by atoms with van der Waals surface area (Å²) in [6, 6.07) is 6.26. The molecule has 4 atom stereocenters. The highest BCUT2D eigenvalue weighted by molar-refractivity contribution is 5.95. The molecule has 112 valence electrons. The smallest absolute Gasteiger partial charge is 0.316 e. The van der Waals surface area contributed by atoms with E-state index in [0.29, 0.717) is 23.2 Å². The summed E-state index contributed by atoms with van der Waals surface area (Å²) < 4.78 is 0. The van der Waals surface area contributed by atoms with Crippen molar-refractivity contribution in [1.82, 2.24) is 0 Å². The van der Waals surface area contributed by atoms with Crippen molar-refractivity contribution in [3.8, 4) is 0 Å². The Hall–Kier alpha value is -2.08. The van der Waals surface area contributed by atoms with E-state index in [0.717, 1.165) is 19.3 Å². The first-order valence-electron chi connectivity index (χ1n) is 7.27. The number of urea groups is 1. The van der Waals surface area contributed by atoms with E-state index >= 15 is 0 Å². The van der Waals surface area contributed by atoms with Crippen LogP contribution in [0.25, 0.3) is 0 Å². The van der Waals surface area contributed by atoms with E-state index in [4.69, 9.17) is 11.5 Å². The van der Waals surface area contributed by atoms with Crippen LogP contribution < -0.4 is 22.1 Å². The van der Waals surface area contributed by atoms with E-state index in [-0.39, 0.29) is 17.9 Å². The van der Waals surface area contributed by atoms with Gasteiger partial charge in [-0.2, -0.15) is 0 Å². The van der Waals surface area contributed by atoms with Crippen molar-refractivity contribution in [3.63, 3.8) is 0 Å². The minimum Gasteiger partial charge on any atom is -0.351 e. The zero-order valence-electron chi connectivity index (χ0n) is 11.7. The Morgan fingerprint density at radius 3 is 2.38 bits per heavy atom. The van der Waals surface area contributed by atoms with Gasteiger partial charge in [0, 0.05) is 17.4 Å². The van der Waals surface area contributed by atoms with Crippen LogP contribution in [0.1, 0.15) is 19.3 Å². The highest BCUT2D eigenvalue weighted by Gasteiger charge is 2.49. The van der Waals surface area contributed by atoms with Crippen molar-refractivity contribution >= 4 is 23.3 Å². The summed E-state index contributed by atoms with van der Waals surface area (Å²) >= 11 is 0. The first kappa shape index (κ1) is 13.9. The second-order valence-corrected chi connectivity index (χ2v) is 6.00. The second kappa shape index (κ2) is 5.37. The number of amides is 3. The van der Waals surface area contributed by atoms with E-state index in [2.05, 4.69) is 10.6 Å². The van der Waals surface area contributed by atoms with Crippen LogP contribution in [0.5, 0.6) is 0 Å². The van der Waals surface area contributed by atoms with Crippen molar-refractivity contribution in [2.24, 2.45) is 29.2 Å². The Kier molecular flexibility index (Phi) is 3.55. The van der Waals surface area contributed by atoms with Crippen molar-refractivity contribution in [2.75, 3.05) is 10.6 Å². The van der Waals surface area contributed by atoms with Gasteiger partial charge < -0.3 is 22.1 Å². The molecule has 2 bridgehead atoms. The summed E-state index contributed by atoms with van der Waals surface area (Å²) in [6.45, 7) is 0. The highest BCUT2D eigenvalue weighted by Crippen LogP contribution is 2.47. The SMILES string of the molecule is NC(=O)Nc1cccc(NC(=O)C2C3CCC(C3)C2N)c1. The topological polar surface area (TPSA) is 110 Å². The molecule has 2 fully saturated rings. The van der Waals surface area contributed by atoms with Gasteiger partial charge in [0.2, 0.25) is 5.91 Å². The Bertz CT molecular complexity index is 573. The Labute approximate surface area is 123 Å². The molecule has 0 radical (unpaired) electrons. The molecule has 4 unspecified atom stereocenters. The van der Waals surface area contributed by atoms with Crippen molar-refractivity contribution in [2.45, 2.75) is 25.3 Å². The summed E-state index contributed by atoms with van der Waals surface area (Å²) in [5.74, 6) is 0.785. The Morgan fingerprint density at radius 2 is 1.76 bits per heavy atom. The summed E-state index contributed by atoms with van der Waals surface area (Å²) in [5.41, 5.74) is 12.5. The molecule has 6 heteroatoms. The van der Waals surface area contributed by atoms with Crippen LogP contribution in [0.4, 0.5) is 16.2 Å². The maximum absolute atomic E-state index is 12.4. The van der Waals surface area contributed by atoms with Gasteiger partial charge >= 0.3 is 6.03 Å². The molecule has 6 nitrogen and oxygen atoms in total. The third-order valence-electron chi connectivity index (χ3n) is 4.68. The fraction of sp³-hybridized carbons (Fsp3) is 0.467. The zero-order valence-corrected chi connectivity index (χ0v) is 11.7. The summed E-state index contributed by atoms with van der Waals surface area (Å²) in [4.78, 5) is 23.3. The van der Waals surface area contributed by atoms with Gasteiger partial charge in [-0.25, -0.2) is 4.79 Å². The molecule has 3 rings (SSSR count). The number of fused-ring (bicyclic) bond motifs is 2. The van der Waals surface area contributed by atoms with E-state index in [9.17, 15) is 9.59 Å². The third kappa shape index (κ3) is 2.71. The first-order chi connectivity index (χ1) is 10.0. The number of benzene rings is 1. The van der Waals surface area contributed by atoms with Crippen LogP contribution >= 0.6 is 0 Å². The fourth-order valence-corrected chi connectivity index (χ4v) is 3.77. The van der Waals surface area contributed by atoms with Gasteiger partial charge in [-0.05, 0) is 49.3 Å². The number of hydrogen-bond donors (Lipinski definition) is 4. The number of nitrogens with one attached hydrogen (secondary N) is 2. The number of hydrogen-bond acceptors (Lipinski definition) is 3. The number of primary amides is 1. The summed E-state index contributed by atoms with van der Waals surface area (Å²) in [5, 5.41) is 5.39. The summed E-state index contributed by atoms with van der Waals surface area (Å²) in [7, 11) is 0. The van der Waals surface area contributed by atoms with Crippen LogP contribution in [0, 0.1) is 17.8 Å². The Balaban J connectivity index is 1.69. The van der Waals surface area contributed by atoms with E-state index in [1.807, 2.05) is 0 Å². The van der Waals surface area contributed by atoms with Gasteiger partial charge in [0.15, 0.2) is 0 Å². The lowest BCUT2D eigenvalue weighted by Crippen LogP contribution is -2.42. The third-order valence-corrected chi connectivity index (χ3v) is 4.68. The number of rotatable bonds is 3. The van der Waals surface area contributed by atoms with Crippen molar-refractivity contribution < 1.29 is 9.59 Å². The molecule has 2 aliphatic carbocycles. The minimum absolute atomic E-state index is 0.0223. The fourth-order valence-electron chi connectivity index (χ4n) is 3.77. The van der Waals surface area contributed by atoms with Gasteiger partial charge in [-0.3, -0.25) is 4.79 Å². The molecule has 6 N–H and O–H groups in total. The van der Waals surface area contributed by atoms with Gasteiger partial charge in [0.05, 0.1) is 5.92 Å². The van der Waals surface area contributed by atoms with Gasteiger partial charge in [-0.15, -0.1) is 0 Å². The van der Waals surface area contributed by atoms with E-state index in [1.54, 1.807) is 24.3 Å². The molecule has 0 heterocycles. The lowest BCUT2D eigenvalue weighted by Gasteiger charge is -2.27. The zero-order chi connectivity index (χ0) is 15.0. The minimum atomic E-state index is -0.631. The molecular weight excluding hydrogens is 268 g/mol. The maximum Gasteiger partial charge on any atom is 0.316 e.